The van der Waals surface area contributed by atoms with Crippen LogP contribution in [0.4, 0.5) is 0 Å². The van der Waals surface area contributed by atoms with E-state index in [9.17, 15) is 0 Å². The van der Waals surface area contributed by atoms with Crippen molar-refractivity contribution < 1.29 is 0 Å². The van der Waals surface area contributed by atoms with Gasteiger partial charge in [0.05, 0.1) is 24.7 Å². The molecule has 0 nitrogen and oxygen atoms in total. The van der Waals surface area contributed by atoms with E-state index in [2.05, 4.69) is 52.6 Å². The van der Waals surface area contributed by atoms with E-state index in [-0.39, 0.29) is 0 Å². The number of hydrogen-bond acceptors (Lipinski definition) is 0. The predicted octanol–water partition coefficient (Wildman–Crippen LogP) is 4.81. The highest BCUT2D eigenvalue weighted by atomic mass is 31.2. The largest absolute Gasteiger partial charge is 0.102 e. The molecule has 1 fully saturated rings. The molecular weight excluding hydrogens is 278 g/mol. The zero-order valence-electron chi connectivity index (χ0n) is 13.9. The van der Waals surface area contributed by atoms with Gasteiger partial charge in [0.1, 0.15) is 5.30 Å². The third-order valence-electron chi connectivity index (χ3n) is 5.53. The van der Waals surface area contributed by atoms with E-state index in [1.807, 2.05) is 0 Å². The van der Waals surface area contributed by atoms with E-state index in [0.29, 0.717) is 0 Å². The van der Waals surface area contributed by atoms with Gasteiger partial charge in [-0.2, -0.15) is 0 Å². The molecule has 0 saturated carbocycles. The summed E-state index contributed by atoms with van der Waals surface area (Å²) in [4.78, 5) is 0. The van der Waals surface area contributed by atoms with Crippen LogP contribution in [0.1, 0.15) is 52.5 Å². The first-order valence-corrected chi connectivity index (χ1v) is 11.9. The Labute approximate surface area is 128 Å². The Hall–Kier alpha value is 0.0800. The van der Waals surface area contributed by atoms with E-state index >= 15 is 0 Å². The van der Waals surface area contributed by atoms with E-state index < -0.39 is 7.26 Å². The van der Waals surface area contributed by atoms with Gasteiger partial charge in [-0.05, 0) is 70.8 Å². The Morgan fingerprint density at radius 2 is 1.80 bits per heavy atom. The fraction of sp³-hybridized carbons (Fsp3) is 0.667. The number of hydrogen-bond donors (Lipinski definition) is 0. The summed E-state index contributed by atoms with van der Waals surface area (Å²) in [5.41, 5.74) is 3.38. The lowest BCUT2D eigenvalue weighted by Gasteiger charge is -2.41. The van der Waals surface area contributed by atoms with Crippen LogP contribution < -0.4 is 10.6 Å². The Kier molecular flexibility index (Phi) is 5.67. The standard InChI is InChI=1S/C18H31P2/c1-6-16-11-12-18(17(13-16)19-5)20(7-2)14(3)9-8-10-15(20)4/h11-15,19H,6-10H2,1-5H3/q+1/t14-,15-/m1/s1. The van der Waals surface area contributed by atoms with Gasteiger partial charge in [-0.1, -0.05) is 21.6 Å². The zero-order valence-corrected chi connectivity index (χ0v) is 15.8. The summed E-state index contributed by atoms with van der Waals surface area (Å²) in [5.74, 6) is 0. The van der Waals surface area contributed by atoms with Crippen molar-refractivity contribution in [1.29, 1.82) is 0 Å². The minimum Gasteiger partial charge on any atom is -0.0893 e. The normalized spacial score (nSPS) is 26.2. The smallest absolute Gasteiger partial charge is 0.0893 e. The van der Waals surface area contributed by atoms with Crippen LogP contribution in [-0.2, 0) is 6.42 Å². The van der Waals surface area contributed by atoms with Crippen molar-refractivity contribution in [2.75, 3.05) is 12.8 Å². The van der Waals surface area contributed by atoms with Crippen molar-refractivity contribution in [3.8, 4) is 0 Å². The van der Waals surface area contributed by atoms with Gasteiger partial charge in [-0.25, -0.2) is 0 Å². The van der Waals surface area contributed by atoms with Crippen LogP contribution in [0.3, 0.4) is 0 Å². The van der Waals surface area contributed by atoms with Crippen LogP contribution in [-0.4, -0.2) is 24.1 Å². The Morgan fingerprint density at radius 3 is 2.30 bits per heavy atom. The molecule has 1 heterocycles. The number of benzene rings is 1. The second-order valence-corrected chi connectivity index (χ2v) is 12.1. The molecule has 2 rings (SSSR count). The molecule has 0 bridgehead atoms. The lowest BCUT2D eigenvalue weighted by atomic mass is 10.1. The Bertz CT molecular complexity index is 443. The van der Waals surface area contributed by atoms with Crippen LogP contribution in [0.5, 0.6) is 0 Å². The quantitative estimate of drug-likeness (QED) is 0.700. The summed E-state index contributed by atoms with van der Waals surface area (Å²) >= 11 is 0. The van der Waals surface area contributed by atoms with Gasteiger partial charge < -0.3 is 0 Å². The minimum absolute atomic E-state index is 0.929. The van der Waals surface area contributed by atoms with Gasteiger partial charge in [-0.15, -0.1) is 0 Å². The molecule has 0 aromatic heterocycles. The summed E-state index contributed by atoms with van der Waals surface area (Å²) in [7, 11) is -0.0396. The van der Waals surface area contributed by atoms with Crippen LogP contribution in [0, 0.1) is 0 Å². The summed E-state index contributed by atoms with van der Waals surface area (Å²) in [6.07, 6.45) is 6.92. The molecule has 3 atom stereocenters. The van der Waals surface area contributed by atoms with Gasteiger partial charge in [0, 0.05) is 5.30 Å². The molecule has 1 aromatic rings. The summed E-state index contributed by atoms with van der Waals surface area (Å²) in [6, 6.07) is 7.45. The van der Waals surface area contributed by atoms with Crippen LogP contribution >= 0.6 is 15.8 Å². The lowest BCUT2D eigenvalue weighted by Crippen LogP contribution is -2.39. The monoisotopic (exact) mass is 309 g/mol. The van der Waals surface area contributed by atoms with E-state index in [4.69, 9.17) is 0 Å². The summed E-state index contributed by atoms with van der Waals surface area (Å²) in [5, 5.41) is 3.47. The molecule has 112 valence electrons. The van der Waals surface area contributed by atoms with Crippen molar-refractivity contribution >= 4 is 26.5 Å². The molecule has 1 unspecified atom stereocenters. The van der Waals surface area contributed by atoms with Crippen LogP contribution in [0.15, 0.2) is 18.2 Å². The third-order valence-corrected chi connectivity index (χ3v) is 12.7. The highest BCUT2D eigenvalue weighted by Gasteiger charge is 2.51. The fourth-order valence-corrected chi connectivity index (χ4v) is 11.4. The topological polar surface area (TPSA) is 0 Å². The molecule has 1 aliphatic heterocycles. The maximum atomic E-state index is 2.54. The third kappa shape index (κ3) is 2.71. The highest BCUT2D eigenvalue weighted by molar-refractivity contribution is 7.85. The molecule has 1 saturated heterocycles. The molecule has 0 spiro atoms. The first-order valence-electron chi connectivity index (χ1n) is 8.28. The Balaban J connectivity index is 2.55. The zero-order chi connectivity index (χ0) is 14.8. The van der Waals surface area contributed by atoms with Gasteiger partial charge in [0.25, 0.3) is 0 Å². The summed E-state index contributed by atoms with van der Waals surface area (Å²) in [6.45, 7) is 12.2. The first-order chi connectivity index (χ1) is 9.59. The van der Waals surface area contributed by atoms with Gasteiger partial charge in [-0.3, -0.25) is 0 Å². The molecular formula is C18H31P2+. The molecule has 0 radical (unpaired) electrons. The van der Waals surface area contributed by atoms with E-state index in [0.717, 1.165) is 19.9 Å². The maximum Gasteiger partial charge on any atom is 0.102 e. The molecule has 1 aliphatic rings. The molecule has 20 heavy (non-hydrogen) atoms. The molecule has 0 aliphatic carbocycles. The predicted molar refractivity (Wildman–Crippen MR) is 99.6 cm³/mol. The van der Waals surface area contributed by atoms with Crippen LogP contribution in [0.25, 0.3) is 0 Å². The van der Waals surface area contributed by atoms with E-state index in [1.54, 1.807) is 10.6 Å². The van der Waals surface area contributed by atoms with Crippen molar-refractivity contribution in [3.63, 3.8) is 0 Å². The maximum absolute atomic E-state index is 2.54. The number of rotatable bonds is 4. The minimum atomic E-state index is -0.983. The molecule has 0 amide bonds. The molecule has 0 N–H and O–H groups in total. The molecule has 2 heteroatoms. The van der Waals surface area contributed by atoms with Gasteiger partial charge in [0.2, 0.25) is 0 Å². The SMILES string of the molecule is CCc1ccc([P+]2(CC)[C@H](C)CCC[C@H]2C)c(PC)c1. The molecule has 1 aromatic carbocycles. The first kappa shape index (κ1) is 16.5. The van der Waals surface area contributed by atoms with Crippen molar-refractivity contribution in [2.24, 2.45) is 0 Å². The highest BCUT2D eigenvalue weighted by Crippen LogP contribution is 2.69. The van der Waals surface area contributed by atoms with Crippen molar-refractivity contribution in [2.45, 2.75) is 64.7 Å². The Morgan fingerprint density at radius 1 is 1.15 bits per heavy atom. The fourth-order valence-electron chi connectivity index (χ4n) is 4.24. The average Bonchev–Trinajstić information content (AvgIpc) is 2.48. The second-order valence-electron chi connectivity index (χ2n) is 6.33. The lowest BCUT2D eigenvalue weighted by molar-refractivity contribution is 0.617. The average molecular weight is 309 g/mol. The van der Waals surface area contributed by atoms with E-state index in [1.165, 1.54) is 37.4 Å². The van der Waals surface area contributed by atoms with Gasteiger partial charge in [0.15, 0.2) is 0 Å². The summed E-state index contributed by atoms with van der Waals surface area (Å²) < 4.78 is 0. The van der Waals surface area contributed by atoms with Crippen LogP contribution in [0.2, 0.25) is 0 Å². The number of aryl methyl sites for hydroxylation is 1. The van der Waals surface area contributed by atoms with Crippen molar-refractivity contribution in [3.05, 3.63) is 23.8 Å². The van der Waals surface area contributed by atoms with Crippen molar-refractivity contribution in [1.82, 2.24) is 0 Å². The second kappa shape index (κ2) is 6.89. The van der Waals surface area contributed by atoms with Gasteiger partial charge >= 0.3 is 0 Å².